The Bertz CT molecular complexity index is 1060. The molecule has 1 fully saturated rings. The van der Waals surface area contributed by atoms with Gasteiger partial charge in [0.2, 0.25) is 0 Å². The van der Waals surface area contributed by atoms with Crippen LogP contribution < -0.4 is 27.6 Å². The van der Waals surface area contributed by atoms with E-state index in [0.29, 0.717) is 0 Å². The van der Waals surface area contributed by atoms with E-state index in [1.54, 1.807) is 0 Å². The summed E-state index contributed by atoms with van der Waals surface area (Å²) >= 11 is 0.986. The molecule has 0 spiro atoms. The molecular formula is C14H20N8O7S2. The molecule has 0 bridgehead atoms. The average Bonchev–Trinajstić information content (AvgIpc) is 3.06. The smallest absolute Gasteiger partial charge is 0.362 e. The number of amides is 5. The Morgan fingerprint density at radius 3 is 2.39 bits per heavy atom. The van der Waals surface area contributed by atoms with Gasteiger partial charge in [-0.1, -0.05) is 0 Å². The molecule has 2 atom stereocenters. The molecule has 2 rings (SSSR count). The molecule has 1 aromatic heterocycles. The van der Waals surface area contributed by atoms with Crippen LogP contribution in [-0.4, -0.2) is 69.3 Å². The summed E-state index contributed by atoms with van der Waals surface area (Å²) in [6.07, 6.45) is 0. The number of nitrogens with two attached hydrogens (primary N) is 2. The summed E-state index contributed by atoms with van der Waals surface area (Å²) in [4.78, 5) is 56.0. The van der Waals surface area contributed by atoms with Crippen molar-refractivity contribution in [3.05, 3.63) is 11.1 Å². The molecule has 170 valence electrons. The maximum Gasteiger partial charge on any atom is 0.362 e. The van der Waals surface area contributed by atoms with E-state index in [4.69, 9.17) is 16.0 Å². The second-order valence-electron chi connectivity index (χ2n) is 6.84. The van der Waals surface area contributed by atoms with Crippen LogP contribution >= 0.6 is 11.3 Å². The van der Waals surface area contributed by atoms with Gasteiger partial charge in [0.05, 0.1) is 6.04 Å². The molecule has 1 saturated heterocycles. The Hall–Kier alpha value is -3.31. The number of hydrazine groups is 1. The van der Waals surface area contributed by atoms with Gasteiger partial charge in [-0.15, -0.1) is 11.3 Å². The van der Waals surface area contributed by atoms with E-state index < -0.39 is 51.7 Å². The number of carbonyl (C=O) groups excluding carboxylic acids is 4. The highest BCUT2D eigenvalue weighted by Crippen LogP contribution is 2.23. The van der Waals surface area contributed by atoms with Crippen LogP contribution in [0.3, 0.4) is 0 Å². The summed E-state index contributed by atoms with van der Waals surface area (Å²) in [6.45, 7) is 3.95. The number of urea groups is 1. The van der Waals surface area contributed by atoms with Gasteiger partial charge < -0.3 is 16.8 Å². The molecule has 5 amide bonds. The van der Waals surface area contributed by atoms with E-state index >= 15 is 0 Å². The van der Waals surface area contributed by atoms with Crippen molar-refractivity contribution in [2.75, 3.05) is 5.73 Å². The van der Waals surface area contributed by atoms with Gasteiger partial charge in [-0.05, 0) is 20.8 Å². The molecule has 15 nitrogen and oxygen atoms in total. The van der Waals surface area contributed by atoms with E-state index in [-0.39, 0.29) is 20.8 Å². The number of primary amides is 1. The molecule has 0 aromatic carbocycles. The molecule has 1 aromatic rings. The normalized spacial score (nSPS) is 19.4. The first-order chi connectivity index (χ1) is 14.1. The van der Waals surface area contributed by atoms with E-state index in [1.807, 2.05) is 10.9 Å². The number of rotatable bonds is 6. The van der Waals surface area contributed by atoms with Crippen LogP contribution in [0.1, 0.15) is 26.5 Å². The Morgan fingerprint density at radius 2 is 1.94 bits per heavy atom. The molecule has 17 heteroatoms. The predicted molar refractivity (Wildman–Crippen MR) is 108 cm³/mol. The molecule has 2 heterocycles. The number of thiazole rings is 1. The Balaban J connectivity index is 2.32. The number of carbonyl (C=O) groups is 4. The first-order valence-corrected chi connectivity index (χ1v) is 10.7. The zero-order chi connectivity index (χ0) is 23.7. The van der Waals surface area contributed by atoms with Crippen LogP contribution in [0.15, 0.2) is 10.4 Å². The molecule has 1 aliphatic rings. The lowest BCUT2D eigenvalue weighted by atomic mass is 10.00. The summed E-state index contributed by atoms with van der Waals surface area (Å²) in [6, 6.07) is -3.37. The number of hydrogen-bond donors (Lipinski definition) is 6. The highest BCUT2D eigenvalue weighted by molar-refractivity contribution is 7.84. The minimum Gasteiger partial charge on any atom is -0.375 e. The van der Waals surface area contributed by atoms with Crippen molar-refractivity contribution >= 4 is 56.2 Å². The largest absolute Gasteiger partial charge is 0.375 e. The third-order valence-electron chi connectivity index (χ3n) is 4.10. The third kappa shape index (κ3) is 5.25. The van der Waals surface area contributed by atoms with E-state index in [2.05, 4.69) is 15.3 Å². The van der Waals surface area contributed by atoms with Crippen molar-refractivity contribution in [1.29, 1.82) is 0 Å². The highest BCUT2D eigenvalue weighted by Gasteiger charge is 2.51. The predicted octanol–water partition coefficient (Wildman–Crippen LogP) is -2.49. The van der Waals surface area contributed by atoms with Crippen LogP contribution in [0, 0.1) is 0 Å². The monoisotopic (exact) mass is 476 g/mol. The first kappa shape index (κ1) is 24.0. The van der Waals surface area contributed by atoms with Gasteiger partial charge in [-0.25, -0.2) is 19.5 Å². The summed E-state index contributed by atoms with van der Waals surface area (Å²) in [5.74, 6) is -2.83. The Kier molecular flexibility index (Phi) is 6.52. The zero-order valence-electron chi connectivity index (χ0n) is 16.4. The molecular weight excluding hydrogens is 456 g/mol. The van der Waals surface area contributed by atoms with Gasteiger partial charge in [0.25, 0.3) is 17.7 Å². The SMILES string of the molecule is C[C@H]1[C@H](NC(=O)C(=NC(C)(C)C(=O)NNC(N)=O)c2csc(N)n2)C(=O)N1S(=O)(=O)O. The minimum absolute atomic E-state index is 0.00482. The minimum atomic E-state index is -4.78. The van der Waals surface area contributed by atoms with Crippen molar-refractivity contribution in [2.24, 2.45) is 10.7 Å². The van der Waals surface area contributed by atoms with Gasteiger partial charge in [-0.2, -0.15) is 8.42 Å². The number of hydrogen-bond acceptors (Lipinski definition) is 10. The average molecular weight is 476 g/mol. The van der Waals surface area contributed by atoms with Crippen molar-refractivity contribution in [3.63, 3.8) is 0 Å². The van der Waals surface area contributed by atoms with Gasteiger partial charge in [-0.3, -0.25) is 29.4 Å². The number of aliphatic imine (C=N–C) groups is 1. The molecule has 1 aliphatic heterocycles. The first-order valence-electron chi connectivity index (χ1n) is 8.44. The third-order valence-corrected chi connectivity index (χ3v) is 5.78. The summed E-state index contributed by atoms with van der Waals surface area (Å²) in [7, 11) is -4.78. The lowest BCUT2D eigenvalue weighted by Crippen LogP contribution is -2.71. The molecule has 0 saturated carbocycles. The van der Waals surface area contributed by atoms with Gasteiger partial charge in [0.15, 0.2) is 10.8 Å². The van der Waals surface area contributed by atoms with Crippen LogP contribution in [0.2, 0.25) is 0 Å². The number of nitrogen functional groups attached to an aromatic ring is 1. The van der Waals surface area contributed by atoms with Crippen LogP contribution in [0.25, 0.3) is 0 Å². The van der Waals surface area contributed by atoms with E-state index in [9.17, 15) is 27.6 Å². The number of aromatic nitrogens is 1. The molecule has 8 N–H and O–H groups in total. The Labute approximate surface area is 180 Å². The van der Waals surface area contributed by atoms with Gasteiger partial charge >= 0.3 is 16.3 Å². The number of anilines is 1. The second kappa shape index (κ2) is 8.44. The summed E-state index contributed by atoms with van der Waals surface area (Å²) in [5.41, 5.74) is 12.4. The fraction of sp³-hybridized carbons (Fsp3) is 0.429. The van der Waals surface area contributed by atoms with Crippen LogP contribution in [0.4, 0.5) is 9.93 Å². The highest BCUT2D eigenvalue weighted by atomic mass is 32.2. The standard InChI is InChI=1S/C14H20N8O7S2/c1-5-7(10(24)22(5)31(27,28)29)18-9(23)8(6-4-30-13(16)17-6)19-14(2,3)11(25)20-21-12(15)26/h4-5,7H,1-3H3,(H2,16,17)(H,18,23)(H,20,25)(H3,15,21,26)(H,27,28,29)/t5-,7-/m0/s1. The van der Waals surface area contributed by atoms with Gasteiger partial charge in [0.1, 0.15) is 17.3 Å². The summed E-state index contributed by atoms with van der Waals surface area (Å²) < 4.78 is 31.7. The van der Waals surface area contributed by atoms with E-state index in [0.717, 1.165) is 11.3 Å². The molecule has 31 heavy (non-hydrogen) atoms. The van der Waals surface area contributed by atoms with Crippen molar-refractivity contribution < 1.29 is 32.1 Å². The van der Waals surface area contributed by atoms with Crippen molar-refractivity contribution in [1.82, 2.24) is 25.5 Å². The molecule has 0 radical (unpaired) electrons. The quantitative estimate of drug-likeness (QED) is 0.110. The summed E-state index contributed by atoms with van der Waals surface area (Å²) in [5, 5.41) is 3.79. The Morgan fingerprint density at radius 1 is 1.32 bits per heavy atom. The fourth-order valence-electron chi connectivity index (χ4n) is 2.54. The van der Waals surface area contributed by atoms with E-state index in [1.165, 1.54) is 26.2 Å². The zero-order valence-corrected chi connectivity index (χ0v) is 18.1. The second-order valence-corrected chi connectivity index (χ2v) is 9.02. The lowest BCUT2D eigenvalue weighted by molar-refractivity contribution is -0.143. The van der Waals surface area contributed by atoms with Crippen LogP contribution in [-0.2, 0) is 24.7 Å². The number of nitrogens with one attached hydrogen (secondary N) is 3. The topological polar surface area (TPSA) is 239 Å². The lowest BCUT2D eigenvalue weighted by Gasteiger charge is -2.42. The number of nitrogens with zero attached hydrogens (tertiary/aromatic N) is 3. The van der Waals surface area contributed by atoms with Crippen molar-refractivity contribution in [3.8, 4) is 0 Å². The van der Waals surface area contributed by atoms with Crippen LogP contribution in [0.5, 0.6) is 0 Å². The maximum atomic E-state index is 12.8. The number of β-lactam (4-membered cyclic amide) rings is 1. The van der Waals surface area contributed by atoms with Crippen molar-refractivity contribution in [2.45, 2.75) is 38.4 Å². The molecule has 0 unspecified atom stereocenters. The fourth-order valence-corrected chi connectivity index (χ4v) is 3.97. The van der Waals surface area contributed by atoms with Gasteiger partial charge in [0, 0.05) is 5.38 Å². The maximum absolute atomic E-state index is 12.8. The molecule has 0 aliphatic carbocycles.